The van der Waals surface area contributed by atoms with Crippen LogP contribution in [0.4, 0.5) is 0 Å². The summed E-state index contributed by atoms with van der Waals surface area (Å²) >= 11 is 0. The van der Waals surface area contributed by atoms with Gasteiger partial charge in [0.25, 0.3) is 0 Å². The van der Waals surface area contributed by atoms with Gasteiger partial charge < -0.3 is 14.2 Å². The van der Waals surface area contributed by atoms with Gasteiger partial charge in [0.1, 0.15) is 11.6 Å². The molecule has 0 bridgehead atoms. The van der Waals surface area contributed by atoms with Crippen molar-refractivity contribution in [3.63, 3.8) is 0 Å². The molecule has 0 fully saturated rings. The van der Waals surface area contributed by atoms with Gasteiger partial charge >= 0.3 is 11.9 Å². The molecule has 0 heterocycles. The van der Waals surface area contributed by atoms with E-state index in [4.69, 9.17) is 19.5 Å². The molecule has 0 aliphatic carbocycles. The lowest BCUT2D eigenvalue weighted by Gasteiger charge is -2.09. The number of hydrogen-bond donors (Lipinski definition) is 0. The minimum absolute atomic E-state index is 0.121. The Labute approximate surface area is 135 Å². The van der Waals surface area contributed by atoms with Gasteiger partial charge in [-0.1, -0.05) is 13.0 Å². The van der Waals surface area contributed by atoms with Crippen LogP contribution in [0.25, 0.3) is 6.08 Å². The molecule has 1 aromatic rings. The lowest BCUT2D eigenvalue weighted by atomic mass is 10.1. The van der Waals surface area contributed by atoms with Crippen LogP contribution in [0.15, 0.2) is 23.8 Å². The van der Waals surface area contributed by atoms with Crippen LogP contribution in [0, 0.1) is 11.3 Å². The largest absolute Gasteiger partial charge is 0.493 e. The first kappa shape index (κ1) is 18.2. The van der Waals surface area contributed by atoms with E-state index in [1.54, 1.807) is 31.2 Å². The second kappa shape index (κ2) is 9.26. The van der Waals surface area contributed by atoms with Crippen LogP contribution in [0.3, 0.4) is 0 Å². The number of nitrogens with zero attached hydrogens (tertiary/aromatic N) is 1. The third-order valence-corrected chi connectivity index (χ3v) is 2.79. The third kappa shape index (κ3) is 5.47. The number of methoxy groups -OCH3 is 1. The highest BCUT2D eigenvalue weighted by molar-refractivity contribution is 5.98. The number of carbonyl (C=O) groups is 2. The van der Waals surface area contributed by atoms with E-state index >= 15 is 0 Å². The quantitative estimate of drug-likeness (QED) is 0.333. The van der Waals surface area contributed by atoms with E-state index in [0.29, 0.717) is 24.2 Å². The number of rotatable bonds is 7. The van der Waals surface area contributed by atoms with Crippen LogP contribution in [0.2, 0.25) is 0 Å². The second-order valence-electron chi connectivity index (χ2n) is 4.52. The smallest absolute Gasteiger partial charge is 0.348 e. The molecule has 0 aromatic heterocycles. The first-order valence-electron chi connectivity index (χ1n) is 7.23. The standard InChI is InChI=1S/C17H19NO5/c1-4-6-16(19)23-14-8-7-12(10-15(14)21-3)9-13(11-18)17(20)22-5-2/h7-10H,4-6H2,1-3H3/b13-9+. The summed E-state index contributed by atoms with van der Waals surface area (Å²) in [4.78, 5) is 23.2. The van der Waals surface area contributed by atoms with Gasteiger partial charge in [-0.3, -0.25) is 4.79 Å². The van der Waals surface area contributed by atoms with E-state index in [1.165, 1.54) is 13.2 Å². The van der Waals surface area contributed by atoms with Crippen molar-refractivity contribution >= 4 is 18.0 Å². The average molecular weight is 317 g/mol. The number of esters is 2. The third-order valence-electron chi connectivity index (χ3n) is 2.79. The van der Waals surface area contributed by atoms with Crippen LogP contribution >= 0.6 is 0 Å². The minimum atomic E-state index is -0.688. The first-order valence-corrected chi connectivity index (χ1v) is 7.23. The van der Waals surface area contributed by atoms with Crippen LogP contribution in [-0.2, 0) is 14.3 Å². The fraction of sp³-hybridized carbons (Fsp3) is 0.353. The summed E-state index contributed by atoms with van der Waals surface area (Å²) in [5.41, 5.74) is 0.436. The Morgan fingerprint density at radius 3 is 2.57 bits per heavy atom. The molecule has 6 heteroatoms. The average Bonchev–Trinajstić information content (AvgIpc) is 2.54. The fourth-order valence-corrected chi connectivity index (χ4v) is 1.75. The molecule has 0 amide bonds. The fourth-order valence-electron chi connectivity index (χ4n) is 1.75. The van der Waals surface area contributed by atoms with Crippen molar-refractivity contribution in [2.24, 2.45) is 0 Å². The first-order chi connectivity index (χ1) is 11.0. The summed E-state index contributed by atoms with van der Waals surface area (Å²) in [6.07, 6.45) is 2.39. The van der Waals surface area contributed by atoms with E-state index in [-0.39, 0.29) is 23.9 Å². The van der Waals surface area contributed by atoms with Gasteiger partial charge in [-0.25, -0.2) is 4.79 Å². The van der Waals surface area contributed by atoms with Crippen molar-refractivity contribution in [3.05, 3.63) is 29.3 Å². The van der Waals surface area contributed by atoms with Crippen LogP contribution < -0.4 is 9.47 Å². The van der Waals surface area contributed by atoms with Gasteiger partial charge in [0.15, 0.2) is 11.5 Å². The van der Waals surface area contributed by atoms with Crippen molar-refractivity contribution in [2.75, 3.05) is 13.7 Å². The van der Waals surface area contributed by atoms with Crippen molar-refractivity contribution in [2.45, 2.75) is 26.7 Å². The van der Waals surface area contributed by atoms with Crippen molar-refractivity contribution in [1.29, 1.82) is 5.26 Å². The molecule has 0 saturated heterocycles. The molecular weight excluding hydrogens is 298 g/mol. The zero-order valence-corrected chi connectivity index (χ0v) is 13.4. The molecule has 0 unspecified atom stereocenters. The van der Waals surface area contributed by atoms with Crippen molar-refractivity contribution < 1.29 is 23.8 Å². The van der Waals surface area contributed by atoms with Gasteiger partial charge in [-0.2, -0.15) is 5.26 Å². The van der Waals surface area contributed by atoms with Crippen LogP contribution in [0.5, 0.6) is 11.5 Å². The Morgan fingerprint density at radius 1 is 1.26 bits per heavy atom. The van der Waals surface area contributed by atoms with E-state index in [0.717, 1.165) is 0 Å². The number of nitriles is 1. The topological polar surface area (TPSA) is 85.6 Å². The zero-order chi connectivity index (χ0) is 17.2. The number of ether oxygens (including phenoxy) is 3. The van der Waals surface area contributed by atoms with Crippen LogP contribution in [-0.4, -0.2) is 25.7 Å². The molecule has 0 radical (unpaired) electrons. The van der Waals surface area contributed by atoms with E-state index in [1.807, 2.05) is 6.92 Å². The Hall–Kier alpha value is -2.81. The van der Waals surface area contributed by atoms with Gasteiger partial charge in [-0.05, 0) is 37.1 Å². The van der Waals surface area contributed by atoms with Gasteiger partial charge in [0, 0.05) is 6.42 Å². The van der Waals surface area contributed by atoms with Gasteiger partial charge in [0.05, 0.1) is 13.7 Å². The summed E-state index contributed by atoms with van der Waals surface area (Å²) < 4.78 is 15.2. The summed E-state index contributed by atoms with van der Waals surface area (Å²) in [6.45, 7) is 3.73. The zero-order valence-electron chi connectivity index (χ0n) is 13.4. The molecule has 0 aliphatic rings. The second-order valence-corrected chi connectivity index (χ2v) is 4.52. The molecule has 0 N–H and O–H groups in total. The molecule has 6 nitrogen and oxygen atoms in total. The normalized spacial score (nSPS) is 10.6. The van der Waals surface area contributed by atoms with Gasteiger partial charge in [-0.15, -0.1) is 0 Å². The van der Waals surface area contributed by atoms with Gasteiger partial charge in [0.2, 0.25) is 0 Å². The summed E-state index contributed by atoms with van der Waals surface area (Å²) in [6, 6.07) is 6.54. The summed E-state index contributed by atoms with van der Waals surface area (Å²) in [7, 11) is 1.44. The molecule has 0 spiro atoms. The van der Waals surface area contributed by atoms with Crippen LogP contribution in [0.1, 0.15) is 32.3 Å². The molecule has 1 rings (SSSR count). The molecule has 0 atom stereocenters. The SMILES string of the molecule is CCCC(=O)Oc1ccc(/C=C(\C#N)C(=O)OCC)cc1OC. The summed E-state index contributed by atoms with van der Waals surface area (Å²) in [5.74, 6) is -0.409. The summed E-state index contributed by atoms with van der Waals surface area (Å²) in [5, 5.41) is 9.02. The molecule has 0 aliphatic heterocycles. The maximum absolute atomic E-state index is 11.6. The lowest BCUT2D eigenvalue weighted by molar-refractivity contribution is -0.138. The molecule has 0 saturated carbocycles. The van der Waals surface area contributed by atoms with E-state index in [9.17, 15) is 9.59 Å². The highest BCUT2D eigenvalue weighted by Crippen LogP contribution is 2.29. The molecule has 23 heavy (non-hydrogen) atoms. The predicted octanol–water partition coefficient (Wildman–Crippen LogP) is 2.87. The highest BCUT2D eigenvalue weighted by Gasteiger charge is 2.13. The maximum atomic E-state index is 11.6. The highest BCUT2D eigenvalue weighted by atomic mass is 16.6. The number of carbonyl (C=O) groups excluding carboxylic acids is 2. The lowest BCUT2D eigenvalue weighted by Crippen LogP contribution is -2.08. The predicted molar refractivity (Wildman–Crippen MR) is 83.8 cm³/mol. The Kier molecular flexibility index (Phi) is 7.34. The minimum Gasteiger partial charge on any atom is -0.493 e. The number of hydrogen-bond acceptors (Lipinski definition) is 6. The Balaban J connectivity index is 3.05. The van der Waals surface area contributed by atoms with E-state index < -0.39 is 5.97 Å². The molecule has 122 valence electrons. The molecule has 1 aromatic carbocycles. The molecular formula is C17H19NO5. The Morgan fingerprint density at radius 2 is 2.00 bits per heavy atom. The Bertz CT molecular complexity index is 643. The van der Waals surface area contributed by atoms with Crippen molar-refractivity contribution in [1.82, 2.24) is 0 Å². The monoisotopic (exact) mass is 317 g/mol. The maximum Gasteiger partial charge on any atom is 0.348 e. The van der Waals surface area contributed by atoms with Crippen molar-refractivity contribution in [3.8, 4) is 17.6 Å². The number of benzene rings is 1. The van der Waals surface area contributed by atoms with E-state index in [2.05, 4.69) is 0 Å².